The summed E-state index contributed by atoms with van der Waals surface area (Å²) in [6.45, 7) is 1.13. The zero-order chi connectivity index (χ0) is 11.9. The summed E-state index contributed by atoms with van der Waals surface area (Å²) in [5.41, 5.74) is 0. The lowest BCUT2D eigenvalue weighted by Gasteiger charge is -2.22. The van der Waals surface area contributed by atoms with Gasteiger partial charge in [0.05, 0.1) is 0 Å². The van der Waals surface area contributed by atoms with Crippen LogP contribution >= 0.6 is 11.3 Å². The summed E-state index contributed by atoms with van der Waals surface area (Å²) in [5.74, 6) is 0.422. The van der Waals surface area contributed by atoms with Crippen LogP contribution in [0.5, 0.6) is 0 Å². The summed E-state index contributed by atoms with van der Waals surface area (Å²) in [7, 11) is 0. The van der Waals surface area contributed by atoms with E-state index in [9.17, 15) is 4.79 Å². The number of nitrogens with one attached hydrogen (secondary N) is 1. The highest BCUT2D eigenvalue weighted by atomic mass is 32.1. The van der Waals surface area contributed by atoms with Crippen molar-refractivity contribution in [1.29, 1.82) is 0 Å². The Morgan fingerprint density at radius 2 is 2.35 bits per heavy atom. The Hall–Kier alpha value is -0.670. The first-order valence-electron chi connectivity index (χ1n) is 6.62. The van der Waals surface area contributed by atoms with Gasteiger partial charge in [0.25, 0.3) is 0 Å². The first kappa shape index (κ1) is 12.8. The van der Waals surface area contributed by atoms with Gasteiger partial charge in [-0.15, -0.1) is 11.3 Å². The maximum Gasteiger partial charge on any atom is 0.133 e. The summed E-state index contributed by atoms with van der Waals surface area (Å²) in [6.07, 6.45) is 7.29. The predicted octanol–water partition coefficient (Wildman–Crippen LogP) is 3.17. The van der Waals surface area contributed by atoms with Crippen LogP contribution in [0.1, 0.15) is 43.4 Å². The van der Waals surface area contributed by atoms with Gasteiger partial charge in [-0.2, -0.15) is 0 Å². The third-order valence-electron chi connectivity index (χ3n) is 3.41. The van der Waals surface area contributed by atoms with Crippen molar-refractivity contribution in [2.24, 2.45) is 0 Å². The fraction of sp³-hybridized carbons (Fsp3) is 0.643. The highest BCUT2D eigenvalue weighted by Crippen LogP contribution is 2.14. The predicted molar refractivity (Wildman–Crippen MR) is 72.5 cm³/mol. The smallest absolute Gasteiger partial charge is 0.133 e. The second-order valence-corrected chi connectivity index (χ2v) is 5.84. The van der Waals surface area contributed by atoms with Crippen molar-refractivity contribution < 1.29 is 4.79 Å². The molecule has 17 heavy (non-hydrogen) atoms. The number of hydrogen-bond donors (Lipinski definition) is 1. The summed E-state index contributed by atoms with van der Waals surface area (Å²) in [6, 6.07) is 4.76. The second kappa shape index (κ2) is 6.92. The normalized spacial score (nSPS) is 20.4. The van der Waals surface area contributed by atoms with Crippen LogP contribution in [-0.4, -0.2) is 18.4 Å². The fourth-order valence-corrected chi connectivity index (χ4v) is 3.06. The largest absolute Gasteiger partial charge is 0.314 e. The molecule has 1 aliphatic heterocycles. The molecular weight excluding hydrogens is 230 g/mol. The van der Waals surface area contributed by atoms with Crippen molar-refractivity contribution >= 4 is 17.1 Å². The molecule has 2 heterocycles. The number of carbonyl (C=O) groups is 1. The van der Waals surface area contributed by atoms with Crippen LogP contribution in [-0.2, 0) is 11.2 Å². The summed E-state index contributed by atoms with van der Waals surface area (Å²) < 4.78 is 0. The molecule has 94 valence electrons. The second-order valence-electron chi connectivity index (χ2n) is 4.80. The molecule has 1 aromatic heterocycles. The molecule has 0 spiro atoms. The van der Waals surface area contributed by atoms with Gasteiger partial charge in [0.15, 0.2) is 0 Å². The van der Waals surface area contributed by atoms with Gasteiger partial charge >= 0.3 is 0 Å². The molecule has 0 aromatic carbocycles. The molecule has 1 aliphatic rings. The first-order valence-corrected chi connectivity index (χ1v) is 7.50. The van der Waals surface area contributed by atoms with Crippen molar-refractivity contribution in [3.63, 3.8) is 0 Å². The number of aryl methyl sites for hydroxylation is 1. The molecule has 1 unspecified atom stereocenters. The number of hydrogen-bond acceptors (Lipinski definition) is 3. The van der Waals surface area contributed by atoms with E-state index in [1.807, 2.05) is 0 Å². The molecular formula is C14H21NOS. The molecule has 1 fully saturated rings. The minimum Gasteiger partial charge on any atom is -0.314 e. The SMILES string of the molecule is O=C(CCc1cccs1)CCC1CCCCN1. The molecule has 3 heteroatoms. The van der Waals surface area contributed by atoms with Gasteiger partial charge in [0.1, 0.15) is 5.78 Å². The minimum absolute atomic E-state index is 0.422. The van der Waals surface area contributed by atoms with E-state index in [2.05, 4.69) is 22.8 Å². The summed E-state index contributed by atoms with van der Waals surface area (Å²) in [5, 5.41) is 5.57. The van der Waals surface area contributed by atoms with Gasteiger partial charge in [0.2, 0.25) is 0 Å². The number of carbonyl (C=O) groups excluding carboxylic acids is 1. The molecule has 0 bridgehead atoms. The zero-order valence-electron chi connectivity index (χ0n) is 10.3. The number of thiophene rings is 1. The number of piperidine rings is 1. The first-order chi connectivity index (χ1) is 8.34. The third-order valence-corrected chi connectivity index (χ3v) is 4.35. The maximum atomic E-state index is 11.8. The van der Waals surface area contributed by atoms with Crippen LogP contribution in [0, 0.1) is 0 Å². The van der Waals surface area contributed by atoms with Crippen molar-refractivity contribution in [2.45, 2.75) is 51.0 Å². The molecule has 2 rings (SSSR count). The Morgan fingerprint density at radius 3 is 3.06 bits per heavy atom. The van der Waals surface area contributed by atoms with E-state index < -0.39 is 0 Å². The molecule has 0 amide bonds. The van der Waals surface area contributed by atoms with E-state index in [0.717, 1.165) is 25.8 Å². The van der Waals surface area contributed by atoms with Crippen LogP contribution in [0.15, 0.2) is 17.5 Å². The zero-order valence-corrected chi connectivity index (χ0v) is 11.1. The Balaban J connectivity index is 1.60. The lowest BCUT2D eigenvalue weighted by Crippen LogP contribution is -2.34. The number of Topliss-reactive ketones (excluding diaryl/α,β-unsaturated/α-hetero) is 1. The monoisotopic (exact) mass is 251 g/mol. The lowest BCUT2D eigenvalue weighted by molar-refractivity contribution is -0.119. The van der Waals surface area contributed by atoms with Crippen LogP contribution in [0.3, 0.4) is 0 Å². The lowest BCUT2D eigenvalue weighted by atomic mass is 9.98. The molecule has 1 saturated heterocycles. The summed E-state index contributed by atoms with van der Waals surface area (Å²) in [4.78, 5) is 13.1. The van der Waals surface area contributed by atoms with Crippen LogP contribution in [0.25, 0.3) is 0 Å². The van der Waals surface area contributed by atoms with Crippen LogP contribution < -0.4 is 5.32 Å². The van der Waals surface area contributed by atoms with Gasteiger partial charge in [-0.1, -0.05) is 12.5 Å². The Morgan fingerprint density at radius 1 is 1.41 bits per heavy atom. The van der Waals surface area contributed by atoms with Crippen molar-refractivity contribution in [3.8, 4) is 0 Å². The number of ketones is 1. The van der Waals surface area contributed by atoms with Gasteiger partial charge < -0.3 is 5.32 Å². The quantitative estimate of drug-likeness (QED) is 0.841. The minimum atomic E-state index is 0.422. The van der Waals surface area contributed by atoms with Crippen molar-refractivity contribution in [1.82, 2.24) is 5.32 Å². The molecule has 1 N–H and O–H groups in total. The topological polar surface area (TPSA) is 29.1 Å². The van der Waals surface area contributed by atoms with E-state index in [1.165, 1.54) is 24.1 Å². The van der Waals surface area contributed by atoms with Crippen molar-refractivity contribution in [2.75, 3.05) is 6.54 Å². The standard InChI is InChI=1S/C14H21NOS/c16-13(8-9-14-5-3-11-17-14)7-6-12-4-1-2-10-15-12/h3,5,11-12,15H,1-2,4,6-10H2. The van der Waals surface area contributed by atoms with E-state index in [1.54, 1.807) is 11.3 Å². The van der Waals surface area contributed by atoms with E-state index >= 15 is 0 Å². The van der Waals surface area contributed by atoms with Gasteiger partial charge in [-0.3, -0.25) is 4.79 Å². The molecule has 0 saturated carbocycles. The van der Waals surface area contributed by atoms with Crippen LogP contribution in [0.4, 0.5) is 0 Å². The highest BCUT2D eigenvalue weighted by molar-refractivity contribution is 7.09. The Labute approximate surface area is 107 Å². The van der Waals surface area contributed by atoms with E-state index in [0.29, 0.717) is 18.2 Å². The molecule has 1 aromatic rings. The highest BCUT2D eigenvalue weighted by Gasteiger charge is 2.13. The molecule has 0 aliphatic carbocycles. The fourth-order valence-electron chi connectivity index (χ4n) is 2.35. The van der Waals surface area contributed by atoms with Crippen LogP contribution in [0.2, 0.25) is 0 Å². The third kappa shape index (κ3) is 4.60. The summed E-state index contributed by atoms with van der Waals surface area (Å²) >= 11 is 1.75. The maximum absolute atomic E-state index is 11.8. The van der Waals surface area contributed by atoms with Crippen molar-refractivity contribution in [3.05, 3.63) is 22.4 Å². The molecule has 2 nitrogen and oxygen atoms in total. The Kier molecular flexibility index (Phi) is 5.20. The van der Waals surface area contributed by atoms with E-state index in [4.69, 9.17) is 0 Å². The average Bonchev–Trinajstić information content (AvgIpc) is 2.88. The number of rotatable bonds is 6. The van der Waals surface area contributed by atoms with Gasteiger partial charge in [-0.05, 0) is 43.7 Å². The van der Waals surface area contributed by atoms with Gasteiger partial charge in [0, 0.05) is 23.8 Å². The van der Waals surface area contributed by atoms with Gasteiger partial charge in [-0.25, -0.2) is 0 Å². The Bertz CT molecular complexity index is 328. The molecule has 0 radical (unpaired) electrons. The molecule has 1 atom stereocenters. The van der Waals surface area contributed by atoms with E-state index in [-0.39, 0.29) is 0 Å². The average molecular weight is 251 g/mol.